The zero-order valence-corrected chi connectivity index (χ0v) is 9.89. The first-order valence-electron chi connectivity index (χ1n) is 5.99. The molecular weight excluding hydrogens is 220 g/mol. The molecule has 1 aliphatic carbocycles. The van der Waals surface area contributed by atoms with E-state index in [2.05, 4.69) is 17.5 Å². The Balaban J connectivity index is 2.19. The highest BCUT2D eigenvalue weighted by atomic mass is 16.4. The third-order valence-corrected chi connectivity index (χ3v) is 2.95. The first-order chi connectivity index (χ1) is 8.09. The molecule has 0 heterocycles. The number of nitrogens with two attached hydrogens (primary N) is 1. The summed E-state index contributed by atoms with van der Waals surface area (Å²) in [7, 11) is 0. The maximum atomic E-state index is 11.6. The van der Waals surface area contributed by atoms with Gasteiger partial charge in [0.2, 0.25) is 5.91 Å². The van der Waals surface area contributed by atoms with Crippen molar-refractivity contribution in [3.8, 4) is 0 Å². The molecule has 1 aliphatic rings. The molecule has 17 heavy (non-hydrogen) atoms. The molecule has 0 saturated carbocycles. The van der Waals surface area contributed by atoms with E-state index in [4.69, 9.17) is 10.8 Å². The van der Waals surface area contributed by atoms with Gasteiger partial charge in [-0.1, -0.05) is 12.2 Å². The third kappa shape index (κ3) is 5.49. The van der Waals surface area contributed by atoms with E-state index in [1.807, 2.05) is 0 Å². The lowest BCUT2D eigenvalue weighted by Gasteiger charge is -2.19. The SMILES string of the molecule is NC(CCC(=O)O)C(=O)NCC1CC=CCC1. The van der Waals surface area contributed by atoms with Crippen LogP contribution in [0.1, 0.15) is 32.1 Å². The summed E-state index contributed by atoms with van der Waals surface area (Å²) >= 11 is 0. The molecule has 96 valence electrons. The summed E-state index contributed by atoms with van der Waals surface area (Å²) in [6.07, 6.45) is 7.53. The van der Waals surface area contributed by atoms with E-state index in [1.54, 1.807) is 0 Å². The van der Waals surface area contributed by atoms with Crippen molar-refractivity contribution in [3.63, 3.8) is 0 Å². The molecule has 0 aliphatic heterocycles. The number of nitrogens with one attached hydrogen (secondary N) is 1. The van der Waals surface area contributed by atoms with Gasteiger partial charge >= 0.3 is 5.97 Å². The molecule has 0 aromatic carbocycles. The smallest absolute Gasteiger partial charge is 0.303 e. The highest BCUT2D eigenvalue weighted by Gasteiger charge is 2.16. The molecule has 0 bridgehead atoms. The highest BCUT2D eigenvalue weighted by Crippen LogP contribution is 2.16. The number of allylic oxidation sites excluding steroid dienone is 2. The van der Waals surface area contributed by atoms with E-state index in [1.165, 1.54) is 0 Å². The van der Waals surface area contributed by atoms with Gasteiger partial charge in [0.25, 0.3) is 0 Å². The van der Waals surface area contributed by atoms with Crippen molar-refractivity contribution in [2.75, 3.05) is 6.54 Å². The van der Waals surface area contributed by atoms with Crippen molar-refractivity contribution < 1.29 is 14.7 Å². The van der Waals surface area contributed by atoms with Crippen molar-refractivity contribution in [2.24, 2.45) is 11.7 Å². The Kier molecular flexibility index (Phi) is 5.69. The Morgan fingerprint density at radius 1 is 1.47 bits per heavy atom. The quantitative estimate of drug-likeness (QED) is 0.594. The van der Waals surface area contributed by atoms with E-state index >= 15 is 0 Å². The van der Waals surface area contributed by atoms with Gasteiger partial charge in [0.15, 0.2) is 0 Å². The van der Waals surface area contributed by atoms with E-state index in [0.29, 0.717) is 12.5 Å². The van der Waals surface area contributed by atoms with Gasteiger partial charge in [-0.25, -0.2) is 0 Å². The minimum Gasteiger partial charge on any atom is -0.481 e. The molecule has 0 saturated heterocycles. The van der Waals surface area contributed by atoms with Crippen molar-refractivity contribution in [3.05, 3.63) is 12.2 Å². The van der Waals surface area contributed by atoms with Crippen LogP contribution >= 0.6 is 0 Å². The second-order valence-electron chi connectivity index (χ2n) is 4.43. The van der Waals surface area contributed by atoms with Gasteiger partial charge in [-0.05, 0) is 31.6 Å². The highest BCUT2D eigenvalue weighted by molar-refractivity contribution is 5.82. The molecule has 0 radical (unpaired) electrons. The Bertz CT molecular complexity index is 302. The Labute approximate surface area is 101 Å². The lowest BCUT2D eigenvalue weighted by atomic mass is 9.94. The van der Waals surface area contributed by atoms with Crippen LogP contribution in [0.3, 0.4) is 0 Å². The van der Waals surface area contributed by atoms with Gasteiger partial charge in [0, 0.05) is 13.0 Å². The molecular formula is C12H20N2O3. The number of amides is 1. The van der Waals surface area contributed by atoms with Crippen LogP contribution in [0.2, 0.25) is 0 Å². The number of hydrogen-bond acceptors (Lipinski definition) is 3. The molecule has 4 N–H and O–H groups in total. The maximum Gasteiger partial charge on any atom is 0.303 e. The van der Waals surface area contributed by atoms with Gasteiger partial charge in [0.05, 0.1) is 6.04 Å². The van der Waals surface area contributed by atoms with Crippen LogP contribution in [0, 0.1) is 5.92 Å². The standard InChI is InChI=1S/C12H20N2O3/c13-10(6-7-11(15)16)12(17)14-8-9-4-2-1-3-5-9/h1-2,9-10H,3-8,13H2,(H,14,17)(H,15,16). The van der Waals surface area contributed by atoms with E-state index in [0.717, 1.165) is 19.3 Å². The molecule has 2 atom stereocenters. The number of hydrogen-bond donors (Lipinski definition) is 3. The van der Waals surface area contributed by atoms with Crippen LogP contribution in [0.25, 0.3) is 0 Å². The minimum atomic E-state index is -0.925. The monoisotopic (exact) mass is 240 g/mol. The van der Waals surface area contributed by atoms with E-state index in [9.17, 15) is 9.59 Å². The Morgan fingerprint density at radius 2 is 2.24 bits per heavy atom. The summed E-state index contributed by atoms with van der Waals surface area (Å²) in [6.45, 7) is 0.629. The third-order valence-electron chi connectivity index (χ3n) is 2.95. The summed E-state index contributed by atoms with van der Waals surface area (Å²) in [5.74, 6) is -0.693. The van der Waals surface area contributed by atoms with Crippen LogP contribution in [0.15, 0.2) is 12.2 Å². The molecule has 0 aromatic rings. The molecule has 1 rings (SSSR count). The van der Waals surface area contributed by atoms with Crippen LogP contribution in [-0.4, -0.2) is 29.6 Å². The zero-order valence-electron chi connectivity index (χ0n) is 9.89. The van der Waals surface area contributed by atoms with Crippen molar-refractivity contribution in [1.82, 2.24) is 5.32 Å². The molecule has 5 nitrogen and oxygen atoms in total. The molecule has 5 heteroatoms. The normalized spacial score (nSPS) is 20.9. The summed E-state index contributed by atoms with van der Waals surface area (Å²) in [4.78, 5) is 21.9. The average molecular weight is 240 g/mol. The number of carboxylic acid groups (broad SMARTS) is 1. The van der Waals surface area contributed by atoms with Crippen LogP contribution in [-0.2, 0) is 9.59 Å². The maximum absolute atomic E-state index is 11.6. The Hall–Kier alpha value is -1.36. The fraction of sp³-hybridized carbons (Fsp3) is 0.667. The second kappa shape index (κ2) is 7.06. The second-order valence-corrected chi connectivity index (χ2v) is 4.43. The number of rotatable bonds is 6. The molecule has 0 aromatic heterocycles. The van der Waals surface area contributed by atoms with Crippen LogP contribution in [0.4, 0.5) is 0 Å². The lowest BCUT2D eigenvalue weighted by Crippen LogP contribution is -2.42. The summed E-state index contributed by atoms with van der Waals surface area (Å²) in [5.41, 5.74) is 5.59. The topological polar surface area (TPSA) is 92.4 Å². The van der Waals surface area contributed by atoms with Crippen LogP contribution in [0.5, 0.6) is 0 Å². The lowest BCUT2D eigenvalue weighted by molar-refractivity contribution is -0.137. The van der Waals surface area contributed by atoms with Gasteiger partial charge < -0.3 is 16.2 Å². The van der Waals surface area contributed by atoms with Crippen molar-refractivity contribution in [1.29, 1.82) is 0 Å². The summed E-state index contributed by atoms with van der Waals surface area (Å²) in [6, 6.07) is -0.717. The summed E-state index contributed by atoms with van der Waals surface area (Å²) < 4.78 is 0. The molecule has 0 spiro atoms. The molecule has 2 unspecified atom stereocenters. The number of aliphatic carboxylic acids is 1. The largest absolute Gasteiger partial charge is 0.481 e. The number of carboxylic acids is 1. The molecule has 0 fully saturated rings. The van der Waals surface area contributed by atoms with E-state index < -0.39 is 12.0 Å². The van der Waals surface area contributed by atoms with Crippen molar-refractivity contribution >= 4 is 11.9 Å². The van der Waals surface area contributed by atoms with Gasteiger partial charge in [-0.15, -0.1) is 0 Å². The van der Waals surface area contributed by atoms with E-state index in [-0.39, 0.29) is 18.7 Å². The predicted octanol–water partition coefficient (Wildman–Crippen LogP) is 0.651. The van der Waals surface area contributed by atoms with Gasteiger partial charge in [0.1, 0.15) is 0 Å². The average Bonchev–Trinajstić information content (AvgIpc) is 2.34. The summed E-state index contributed by atoms with van der Waals surface area (Å²) in [5, 5.41) is 11.3. The fourth-order valence-corrected chi connectivity index (χ4v) is 1.83. The zero-order chi connectivity index (χ0) is 12.7. The molecule has 1 amide bonds. The first kappa shape index (κ1) is 13.7. The van der Waals surface area contributed by atoms with Gasteiger partial charge in [-0.2, -0.15) is 0 Å². The van der Waals surface area contributed by atoms with Crippen molar-refractivity contribution in [2.45, 2.75) is 38.1 Å². The van der Waals surface area contributed by atoms with Gasteiger partial charge in [-0.3, -0.25) is 9.59 Å². The van der Waals surface area contributed by atoms with Crippen LogP contribution < -0.4 is 11.1 Å². The number of carbonyl (C=O) groups is 2. The number of carbonyl (C=O) groups excluding carboxylic acids is 1. The predicted molar refractivity (Wildman–Crippen MR) is 64.3 cm³/mol. The Morgan fingerprint density at radius 3 is 2.82 bits per heavy atom. The minimum absolute atomic E-state index is 0.0687. The first-order valence-corrected chi connectivity index (χ1v) is 5.99. The fourth-order valence-electron chi connectivity index (χ4n) is 1.83.